The van der Waals surface area contributed by atoms with E-state index in [1.807, 2.05) is 30.3 Å². The number of carbonyl (C=O) groups excluding carboxylic acids is 1. The molecule has 1 heterocycles. The summed E-state index contributed by atoms with van der Waals surface area (Å²) in [7, 11) is 0. The Morgan fingerprint density at radius 2 is 1.84 bits per heavy atom. The molecule has 0 saturated heterocycles. The largest absolute Gasteiger partial charge is 0.619 e. The van der Waals surface area contributed by atoms with Crippen LogP contribution >= 0.6 is 0 Å². The number of benzene rings is 1. The third kappa shape index (κ3) is 3.99. The second-order valence-electron chi connectivity index (χ2n) is 3.86. The summed E-state index contributed by atoms with van der Waals surface area (Å²) in [6.07, 6.45) is 2.57. The molecule has 0 atom stereocenters. The minimum atomic E-state index is -0.225. The number of amides is 1. The zero-order valence-electron chi connectivity index (χ0n) is 10.3. The van der Waals surface area contributed by atoms with Gasteiger partial charge in [0.1, 0.15) is 12.4 Å². The molecule has 2 aromatic rings. The highest BCUT2D eigenvalue weighted by Gasteiger charge is 2.05. The van der Waals surface area contributed by atoms with E-state index in [0.29, 0.717) is 23.4 Å². The van der Waals surface area contributed by atoms with Crippen molar-refractivity contribution in [3.05, 3.63) is 65.6 Å². The summed E-state index contributed by atoms with van der Waals surface area (Å²) in [5.74, 6) is 0.543. The van der Waals surface area contributed by atoms with Gasteiger partial charge in [-0.2, -0.15) is 4.73 Å². The van der Waals surface area contributed by atoms with Crippen molar-refractivity contribution in [2.75, 3.05) is 13.2 Å². The highest BCUT2D eigenvalue weighted by molar-refractivity contribution is 5.93. The van der Waals surface area contributed by atoms with Gasteiger partial charge < -0.3 is 15.3 Å². The van der Waals surface area contributed by atoms with Crippen LogP contribution in [-0.2, 0) is 0 Å². The molecule has 1 aromatic carbocycles. The lowest BCUT2D eigenvalue weighted by atomic mass is 10.2. The van der Waals surface area contributed by atoms with Crippen molar-refractivity contribution < 1.29 is 14.3 Å². The number of pyridine rings is 1. The van der Waals surface area contributed by atoms with Crippen LogP contribution in [0.15, 0.2) is 54.9 Å². The van der Waals surface area contributed by atoms with Crippen molar-refractivity contribution in [1.82, 2.24) is 5.32 Å². The highest BCUT2D eigenvalue weighted by Crippen LogP contribution is 2.07. The molecule has 0 aliphatic carbocycles. The molecule has 19 heavy (non-hydrogen) atoms. The smallest absolute Gasteiger partial charge is 0.251 e. The van der Waals surface area contributed by atoms with E-state index in [1.54, 1.807) is 0 Å². The van der Waals surface area contributed by atoms with Gasteiger partial charge in [-0.3, -0.25) is 4.79 Å². The van der Waals surface area contributed by atoms with Crippen molar-refractivity contribution in [3.8, 4) is 5.75 Å². The van der Waals surface area contributed by atoms with Crippen LogP contribution < -0.4 is 14.8 Å². The van der Waals surface area contributed by atoms with E-state index >= 15 is 0 Å². The Morgan fingerprint density at radius 3 is 2.53 bits per heavy atom. The molecule has 0 bridgehead atoms. The number of rotatable bonds is 5. The Hall–Kier alpha value is -2.56. The molecule has 0 fully saturated rings. The van der Waals surface area contributed by atoms with Crippen LogP contribution in [0.1, 0.15) is 10.4 Å². The van der Waals surface area contributed by atoms with E-state index in [2.05, 4.69) is 5.32 Å². The summed E-state index contributed by atoms with van der Waals surface area (Å²) in [5.41, 5.74) is 0.451. The summed E-state index contributed by atoms with van der Waals surface area (Å²) in [4.78, 5) is 11.7. The third-order valence-corrected chi connectivity index (χ3v) is 2.46. The van der Waals surface area contributed by atoms with Gasteiger partial charge in [-0.05, 0) is 12.1 Å². The van der Waals surface area contributed by atoms with Crippen LogP contribution in [0.5, 0.6) is 5.75 Å². The van der Waals surface area contributed by atoms with Gasteiger partial charge in [0.25, 0.3) is 5.91 Å². The first kappa shape index (κ1) is 12.9. The number of hydrogen-bond acceptors (Lipinski definition) is 3. The Labute approximate surface area is 111 Å². The van der Waals surface area contributed by atoms with Gasteiger partial charge in [-0.25, -0.2) is 0 Å². The second kappa shape index (κ2) is 6.39. The fourth-order valence-electron chi connectivity index (χ4n) is 1.52. The molecular weight excluding hydrogens is 244 g/mol. The van der Waals surface area contributed by atoms with Gasteiger partial charge in [0.05, 0.1) is 12.1 Å². The van der Waals surface area contributed by atoms with E-state index in [-0.39, 0.29) is 5.91 Å². The van der Waals surface area contributed by atoms with Crippen molar-refractivity contribution in [2.45, 2.75) is 0 Å². The molecule has 98 valence electrons. The van der Waals surface area contributed by atoms with Crippen LogP contribution in [0.2, 0.25) is 0 Å². The second-order valence-corrected chi connectivity index (χ2v) is 3.86. The summed E-state index contributed by atoms with van der Waals surface area (Å²) in [6.45, 7) is 0.796. The number of carbonyl (C=O) groups is 1. The van der Waals surface area contributed by atoms with Crippen molar-refractivity contribution in [1.29, 1.82) is 0 Å². The minimum Gasteiger partial charge on any atom is -0.619 e. The number of ether oxygens (including phenoxy) is 1. The number of para-hydroxylation sites is 1. The van der Waals surface area contributed by atoms with Crippen molar-refractivity contribution >= 4 is 5.91 Å². The number of hydrogen-bond donors (Lipinski definition) is 1. The first-order valence-corrected chi connectivity index (χ1v) is 5.90. The van der Waals surface area contributed by atoms with E-state index in [9.17, 15) is 10.0 Å². The lowest BCUT2D eigenvalue weighted by Gasteiger charge is -2.07. The number of nitrogens with zero attached hydrogens (tertiary/aromatic N) is 1. The molecule has 1 amide bonds. The van der Waals surface area contributed by atoms with Gasteiger partial charge >= 0.3 is 0 Å². The van der Waals surface area contributed by atoms with Crippen LogP contribution in [0.4, 0.5) is 0 Å². The van der Waals surface area contributed by atoms with E-state index < -0.39 is 0 Å². The fraction of sp³-hybridized carbons (Fsp3) is 0.143. The molecule has 1 N–H and O–H groups in total. The number of aromatic nitrogens is 1. The lowest BCUT2D eigenvalue weighted by molar-refractivity contribution is -0.605. The molecule has 5 nitrogen and oxygen atoms in total. The maximum atomic E-state index is 11.7. The van der Waals surface area contributed by atoms with E-state index in [1.165, 1.54) is 24.5 Å². The monoisotopic (exact) mass is 258 g/mol. The van der Waals surface area contributed by atoms with Gasteiger partial charge in [0, 0.05) is 12.1 Å². The summed E-state index contributed by atoms with van der Waals surface area (Å²) in [6, 6.07) is 12.3. The SMILES string of the molecule is O=C(NCCOc1ccccc1)c1cc[n+]([O-])cc1. The van der Waals surface area contributed by atoms with Gasteiger partial charge in [0.15, 0.2) is 12.4 Å². The predicted molar refractivity (Wildman–Crippen MR) is 69.7 cm³/mol. The quantitative estimate of drug-likeness (QED) is 0.496. The summed E-state index contributed by atoms with van der Waals surface area (Å²) < 4.78 is 6.08. The first-order valence-electron chi connectivity index (χ1n) is 5.90. The zero-order chi connectivity index (χ0) is 13.5. The lowest BCUT2D eigenvalue weighted by Crippen LogP contribution is -2.30. The Balaban J connectivity index is 1.74. The van der Waals surface area contributed by atoms with Crippen LogP contribution in [0, 0.1) is 5.21 Å². The Morgan fingerprint density at radius 1 is 1.16 bits per heavy atom. The molecule has 5 heteroatoms. The van der Waals surface area contributed by atoms with Gasteiger partial charge in [0.2, 0.25) is 0 Å². The van der Waals surface area contributed by atoms with E-state index in [0.717, 1.165) is 5.75 Å². The first-order chi connectivity index (χ1) is 9.25. The zero-order valence-corrected chi connectivity index (χ0v) is 10.3. The average Bonchev–Trinajstić information content (AvgIpc) is 2.45. The average molecular weight is 258 g/mol. The van der Waals surface area contributed by atoms with Gasteiger partial charge in [-0.1, -0.05) is 18.2 Å². The van der Waals surface area contributed by atoms with Crippen LogP contribution in [0.25, 0.3) is 0 Å². The standard InChI is InChI=1S/C14H14N2O3/c17-14(12-6-9-16(18)10-7-12)15-8-11-19-13-4-2-1-3-5-13/h1-7,9-10H,8,11H2,(H,15,17). The summed E-state index contributed by atoms with van der Waals surface area (Å²) in [5, 5.41) is 13.5. The van der Waals surface area contributed by atoms with Crippen molar-refractivity contribution in [3.63, 3.8) is 0 Å². The molecule has 0 saturated carbocycles. The highest BCUT2D eigenvalue weighted by atomic mass is 16.5. The fourth-order valence-corrected chi connectivity index (χ4v) is 1.52. The molecule has 0 unspecified atom stereocenters. The van der Waals surface area contributed by atoms with Crippen LogP contribution in [-0.4, -0.2) is 19.1 Å². The minimum absolute atomic E-state index is 0.225. The topological polar surface area (TPSA) is 65.3 Å². The van der Waals surface area contributed by atoms with E-state index in [4.69, 9.17) is 4.74 Å². The molecule has 1 aromatic heterocycles. The van der Waals surface area contributed by atoms with Crippen LogP contribution in [0.3, 0.4) is 0 Å². The normalized spacial score (nSPS) is 9.89. The van der Waals surface area contributed by atoms with Crippen molar-refractivity contribution in [2.24, 2.45) is 0 Å². The van der Waals surface area contributed by atoms with Gasteiger partial charge in [-0.15, -0.1) is 0 Å². The molecule has 0 aliphatic heterocycles. The predicted octanol–water partition coefficient (Wildman–Crippen LogP) is 1.13. The Bertz CT molecular complexity index is 526. The molecule has 0 radical (unpaired) electrons. The summed E-state index contributed by atoms with van der Waals surface area (Å²) >= 11 is 0. The number of nitrogens with one attached hydrogen (secondary N) is 1. The maximum Gasteiger partial charge on any atom is 0.251 e. The molecule has 2 rings (SSSR count). The maximum absolute atomic E-state index is 11.7. The molecule has 0 spiro atoms. The molecule has 0 aliphatic rings. The third-order valence-electron chi connectivity index (χ3n) is 2.46. The molecular formula is C14H14N2O3. The Kier molecular flexibility index (Phi) is 4.34.